The van der Waals surface area contributed by atoms with Crippen LogP contribution in [0, 0.1) is 0 Å². The van der Waals surface area contributed by atoms with E-state index in [-0.39, 0.29) is 17.9 Å². The number of anilines is 1. The van der Waals surface area contributed by atoms with Crippen LogP contribution in [0.3, 0.4) is 0 Å². The van der Waals surface area contributed by atoms with Gasteiger partial charge in [-0.05, 0) is 19.3 Å². The van der Waals surface area contributed by atoms with E-state index >= 15 is 0 Å². The molecule has 1 saturated heterocycles. The van der Waals surface area contributed by atoms with Crippen LogP contribution in [0.5, 0.6) is 0 Å². The number of thiazole rings is 1. The highest BCUT2D eigenvalue weighted by Crippen LogP contribution is 2.15. The third-order valence-corrected chi connectivity index (χ3v) is 3.86. The van der Waals surface area contributed by atoms with Crippen LogP contribution in [0.25, 0.3) is 0 Å². The van der Waals surface area contributed by atoms with Crippen molar-refractivity contribution in [2.24, 2.45) is 0 Å². The summed E-state index contributed by atoms with van der Waals surface area (Å²) in [5, 5.41) is 7.37. The van der Waals surface area contributed by atoms with Gasteiger partial charge in [0.25, 0.3) is 5.91 Å². The second-order valence-corrected chi connectivity index (χ2v) is 5.90. The van der Waals surface area contributed by atoms with Crippen molar-refractivity contribution in [2.45, 2.75) is 32.3 Å². The van der Waals surface area contributed by atoms with Crippen LogP contribution in [-0.4, -0.2) is 49.3 Å². The van der Waals surface area contributed by atoms with Crippen LogP contribution in [0.1, 0.15) is 36.7 Å². The predicted molar refractivity (Wildman–Crippen MR) is 83.2 cm³/mol. The number of hydrogen-bond donors (Lipinski definition) is 2. The molecule has 2 N–H and O–H groups in total. The fourth-order valence-electron chi connectivity index (χ4n) is 2.04. The molecule has 1 aromatic heterocycles. The van der Waals surface area contributed by atoms with Crippen molar-refractivity contribution in [3.05, 3.63) is 11.1 Å². The predicted octanol–water partition coefficient (Wildman–Crippen LogP) is 1.42. The zero-order chi connectivity index (χ0) is 15.8. The van der Waals surface area contributed by atoms with Gasteiger partial charge in [-0.3, -0.25) is 9.59 Å². The number of hydrogen-bond acceptors (Lipinski definition) is 6. The van der Waals surface area contributed by atoms with Gasteiger partial charge in [-0.25, -0.2) is 4.98 Å². The Labute approximate surface area is 133 Å². The minimum atomic E-state index is -0.244. The van der Waals surface area contributed by atoms with Crippen LogP contribution < -0.4 is 10.6 Å². The van der Waals surface area contributed by atoms with E-state index in [1.165, 1.54) is 18.3 Å². The van der Waals surface area contributed by atoms with E-state index < -0.39 is 0 Å². The molecule has 0 spiro atoms. The summed E-state index contributed by atoms with van der Waals surface area (Å²) < 4.78 is 11.0. The van der Waals surface area contributed by atoms with E-state index in [0.717, 1.165) is 25.9 Å². The van der Waals surface area contributed by atoms with Crippen molar-refractivity contribution in [3.8, 4) is 0 Å². The van der Waals surface area contributed by atoms with Crippen molar-refractivity contribution >= 4 is 28.3 Å². The zero-order valence-electron chi connectivity index (χ0n) is 12.6. The molecule has 22 heavy (non-hydrogen) atoms. The van der Waals surface area contributed by atoms with Gasteiger partial charge in [-0.2, -0.15) is 0 Å². The number of rotatable bonds is 8. The Morgan fingerprint density at radius 3 is 3.14 bits per heavy atom. The molecular formula is C14H21N3O4S. The zero-order valence-corrected chi connectivity index (χ0v) is 13.4. The normalized spacial score (nSPS) is 17.4. The highest BCUT2D eigenvalue weighted by atomic mass is 32.1. The quantitative estimate of drug-likeness (QED) is 0.705. The summed E-state index contributed by atoms with van der Waals surface area (Å²) in [4.78, 5) is 26.8. The van der Waals surface area contributed by atoms with Crippen molar-refractivity contribution in [2.75, 3.05) is 31.7 Å². The largest absolute Gasteiger partial charge is 0.379 e. The van der Waals surface area contributed by atoms with E-state index in [2.05, 4.69) is 15.6 Å². The standard InChI is InChI=1S/C14H21N3O4S/c1-10(18)16-14-17-12(9-22-14)13(19)15-5-3-6-20-8-11-4-2-7-21-11/h9,11H,2-8H2,1H3,(H,15,19)(H,16,17,18)/t11-/m1/s1. The first-order valence-corrected chi connectivity index (χ1v) is 8.24. The Hall–Kier alpha value is -1.51. The smallest absolute Gasteiger partial charge is 0.270 e. The Bertz CT molecular complexity index is 500. The first-order valence-electron chi connectivity index (χ1n) is 7.36. The van der Waals surface area contributed by atoms with Crippen molar-refractivity contribution in [1.29, 1.82) is 0 Å². The SMILES string of the molecule is CC(=O)Nc1nc(C(=O)NCCCOC[C@H]2CCCO2)cs1. The maximum absolute atomic E-state index is 11.8. The molecule has 2 heterocycles. The van der Waals surface area contributed by atoms with Crippen LogP contribution >= 0.6 is 11.3 Å². The van der Waals surface area contributed by atoms with Crippen molar-refractivity contribution in [1.82, 2.24) is 10.3 Å². The van der Waals surface area contributed by atoms with E-state index in [0.29, 0.717) is 30.6 Å². The molecule has 1 fully saturated rings. The van der Waals surface area contributed by atoms with E-state index in [4.69, 9.17) is 9.47 Å². The lowest BCUT2D eigenvalue weighted by atomic mass is 10.2. The van der Waals surface area contributed by atoms with Gasteiger partial charge in [0, 0.05) is 32.1 Å². The number of carbonyl (C=O) groups is 2. The molecule has 2 amide bonds. The molecule has 2 rings (SSSR count). The molecular weight excluding hydrogens is 306 g/mol. The molecule has 122 valence electrons. The van der Waals surface area contributed by atoms with E-state index in [9.17, 15) is 9.59 Å². The maximum Gasteiger partial charge on any atom is 0.270 e. The molecule has 1 aromatic rings. The number of amides is 2. The van der Waals surface area contributed by atoms with Crippen molar-refractivity contribution in [3.63, 3.8) is 0 Å². The Kier molecular flexibility index (Phi) is 6.75. The minimum absolute atomic E-state index is 0.204. The van der Waals surface area contributed by atoms with Gasteiger partial charge in [0.2, 0.25) is 5.91 Å². The van der Waals surface area contributed by atoms with Gasteiger partial charge < -0.3 is 20.1 Å². The molecule has 0 saturated carbocycles. The Balaban J connectivity index is 1.57. The number of nitrogens with zero attached hydrogens (tertiary/aromatic N) is 1. The number of nitrogens with one attached hydrogen (secondary N) is 2. The fourth-order valence-corrected chi connectivity index (χ4v) is 2.78. The second kappa shape index (κ2) is 8.82. The topological polar surface area (TPSA) is 89.6 Å². The molecule has 0 radical (unpaired) electrons. The second-order valence-electron chi connectivity index (χ2n) is 5.04. The molecule has 0 unspecified atom stereocenters. The Morgan fingerprint density at radius 1 is 1.55 bits per heavy atom. The third kappa shape index (κ3) is 5.70. The van der Waals surface area contributed by atoms with E-state index in [1.54, 1.807) is 5.38 Å². The summed E-state index contributed by atoms with van der Waals surface area (Å²) in [6, 6.07) is 0. The highest BCUT2D eigenvalue weighted by molar-refractivity contribution is 7.14. The molecule has 0 aromatic carbocycles. The van der Waals surface area contributed by atoms with Gasteiger partial charge in [0.1, 0.15) is 5.69 Å². The minimum Gasteiger partial charge on any atom is -0.379 e. The molecule has 1 aliphatic heterocycles. The summed E-state index contributed by atoms with van der Waals surface area (Å²) in [5.74, 6) is -0.448. The van der Waals surface area contributed by atoms with Crippen LogP contribution in [0.4, 0.5) is 5.13 Å². The molecule has 1 aliphatic rings. The summed E-state index contributed by atoms with van der Waals surface area (Å²) in [6.07, 6.45) is 3.15. The average molecular weight is 327 g/mol. The third-order valence-electron chi connectivity index (χ3n) is 3.10. The van der Waals surface area contributed by atoms with Crippen molar-refractivity contribution < 1.29 is 19.1 Å². The number of ether oxygens (including phenoxy) is 2. The molecule has 1 atom stereocenters. The molecule has 0 aliphatic carbocycles. The van der Waals surface area contributed by atoms with Crippen LogP contribution in [0.2, 0.25) is 0 Å². The molecule has 8 heteroatoms. The maximum atomic E-state index is 11.8. The fraction of sp³-hybridized carbons (Fsp3) is 0.643. The van der Waals surface area contributed by atoms with Gasteiger partial charge in [-0.1, -0.05) is 0 Å². The monoisotopic (exact) mass is 327 g/mol. The van der Waals surface area contributed by atoms with Gasteiger partial charge in [-0.15, -0.1) is 11.3 Å². The lowest BCUT2D eigenvalue weighted by Crippen LogP contribution is -2.26. The van der Waals surface area contributed by atoms with Crippen LogP contribution in [-0.2, 0) is 14.3 Å². The highest BCUT2D eigenvalue weighted by Gasteiger charge is 2.15. The lowest BCUT2D eigenvalue weighted by molar-refractivity contribution is -0.114. The number of aromatic nitrogens is 1. The summed E-state index contributed by atoms with van der Waals surface area (Å²) in [5.41, 5.74) is 0.314. The van der Waals surface area contributed by atoms with Gasteiger partial charge >= 0.3 is 0 Å². The number of carbonyl (C=O) groups excluding carboxylic acids is 2. The summed E-state index contributed by atoms with van der Waals surface area (Å²) in [7, 11) is 0. The van der Waals surface area contributed by atoms with Gasteiger partial charge in [0.05, 0.1) is 12.7 Å². The Morgan fingerprint density at radius 2 is 2.41 bits per heavy atom. The molecule has 0 bridgehead atoms. The van der Waals surface area contributed by atoms with Gasteiger partial charge in [0.15, 0.2) is 5.13 Å². The average Bonchev–Trinajstić information content (AvgIpc) is 3.13. The molecule has 7 nitrogen and oxygen atoms in total. The van der Waals surface area contributed by atoms with E-state index in [1.807, 2.05) is 0 Å². The van der Waals surface area contributed by atoms with Crippen LogP contribution in [0.15, 0.2) is 5.38 Å². The summed E-state index contributed by atoms with van der Waals surface area (Å²) >= 11 is 1.23. The first kappa shape index (κ1) is 16.9. The first-order chi connectivity index (χ1) is 10.6. The lowest BCUT2D eigenvalue weighted by Gasteiger charge is -2.10. The summed E-state index contributed by atoms with van der Waals surface area (Å²) in [6.45, 7) is 3.97.